The zero-order valence-electron chi connectivity index (χ0n) is 14.6. The summed E-state index contributed by atoms with van der Waals surface area (Å²) in [6.45, 7) is 13.2. The van der Waals surface area contributed by atoms with Crippen molar-refractivity contribution in [2.75, 3.05) is 6.16 Å². The molecule has 1 aliphatic rings. The fourth-order valence-electron chi connectivity index (χ4n) is 2.81. The van der Waals surface area contributed by atoms with Crippen LogP contribution in [0.5, 0.6) is 0 Å². The van der Waals surface area contributed by atoms with Gasteiger partial charge in [0.05, 0.1) is 12.2 Å². The van der Waals surface area contributed by atoms with Gasteiger partial charge in [0.2, 0.25) is 0 Å². The highest BCUT2D eigenvalue weighted by atomic mass is 31.1. The molecule has 0 saturated heterocycles. The van der Waals surface area contributed by atoms with Crippen molar-refractivity contribution in [2.24, 2.45) is 5.92 Å². The lowest BCUT2D eigenvalue weighted by molar-refractivity contribution is 0.409. The summed E-state index contributed by atoms with van der Waals surface area (Å²) in [6, 6.07) is 0.275. The van der Waals surface area contributed by atoms with Gasteiger partial charge in [-0.15, -0.1) is 0 Å². The van der Waals surface area contributed by atoms with Gasteiger partial charge in [0.1, 0.15) is 0 Å². The van der Waals surface area contributed by atoms with Crippen LogP contribution in [0.15, 0.2) is 54.4 Å². The van der Waals surface area contributed by atoms with Crippen LogP contribution in [-0.4, -0.2) is 15.9 Å². The number of hydrogen-bond donors (Lipinski definition) is 1. The van der Waals surface area contributed by atoms with Gasteiger partial charge < -0.3 is 5.32 Å². The Bertz CT molecular complexity index is 635. The number of nitrogens with one attached hydrogen (secondary N) is 1. The van der Waals surface area contributed by atoms with E-state index in [-0.39, 0.29) is 6.04 Å². The SMILES string of the molecule is C=C(PCC)C(C(C)C)n1cc(C2=CC=CNC(CC)=C2)cn1. The van der Waals surface area contributed by atoms with Gasteiger partial charge in [-0.1, -0.05) is 48.9 Å². The second-order valence-corrected chi connectivity index (χ2v) is 7.80. The maximum absolute atomic E-state index is 4.64. The molecule has 1 aromatic heterocycles. The topological polar surface area (TPSA) is 29.9 Å². The summed E-state index contributed by atoms with van der Waals surface area (Å²) in [6.07, 6.45) is 14.6. The van der Waals surface area contributed by atoms with Gasteiger partial charge in [-0.2, -0.15) is 5.10 Å². The molecule has 2 unspecified atom stereocenters. The molecular weight excluding hydrogens is 301 g/mol. The van der Waals surface area contributed by atoms with E-state index < -0.39 is 0 Å². The summed E-state index contributed by atoms with van der Waals surface area (Å²) < 4.78 is 2.09. The van der Waals surface area contributed by atoms with Crippen molar-refractivity contribution in [1.82, 2.24) is 15.1 Å². The van der Waals surface area contributed by atoms with E-state index in [0.29, 0.717) is 5.92 Å². The monoisotopic (exact) mass is 329 g/mol. The minimum Gasteiger partial charge on any atom is -0.365 e. The maximum atomic E-state index is 4.64. The second-order valence-electron chi connectivity index (χ2n) is 6.10. The number of aromatic nitrogens is 2. The molecule has 1 aliphatic heterocycles. The smallest absolute Gasteiger partial charge is 0.0787 e. The van der Waals surface area contributed by atoms with Crippen LogP contribution in [0.4, 0.5) is 0 Å². The highest BCUT2D eigenvalue weighted by molar-refractivity contribution is 7.43. The largest absolute Gasteiger partial charge is 0.365 e. The molecule has 23 heavy (non-hydrogen) atoms. The van der Waals surface area contributed by atoms with Gasteiger partial charge in [-0.05, 0) is 41.5 Å². The average Bonchev–Trinajstić information content (AvgIpc) is 2.84. The molecule has 0 amide bonds. The fraction of sp³-hybridized carbons (Fsp3) is 0.421. The molecule has 2 atom stereocenters. The predicted molar refractivity (Wildman–Crippen MR) is 103 cm³/mol. The Hall–Kier alpha value is -1.60. The summed E-state index contributed by atoms with van der Waals surface area (Å²) in [5.74, 6) is 0.487. The molecule has 0 aromatic carbocycles. The zero-order valence-corrected chi connectivity index (χ0v) is 15.6. The Labute approximate surface area is 142 Å². The molecule has 0 bridgehead atoms. The Morgan fingerprint density at radius 2 is 2.17 bits per heavy atom. The molecule has 4 heteroatoms. The van der Waals surface area contributed by atoms with Crippen molar-refractivity contribution in [3.8, 4) is 0 Å². The molecular formula is C19H28N3P. The number of allylic oxidation sites excluding steroid dienone is 6. The van der Waals surface area contributed by atoms with Crippen molar-refractivity contribution in [2.45, 2.75) is 40.2 Å². The van der Waals surface area contributed by atoms with Gasteiger partial charge in [0, 0.05) is 23.7 Å². The van der Waals surface area contributed by atoms with Crippen molar-refractivity contribution < 1.29 is 0 Å². The third-order valence-corrected chi connectivity index (χ3v) is 5.07. The van der Waals surface area contributed by atoms with E-state index in [4.69, 9.17) is 0 Å². The third kappa shape index (κ3) is 4.45. The Morgan fingerprint density at radius 1 is 1.39 bits per heavy atom. The Morgan fingerprint density at radius 3 is 2.83 bits per heavy atom. The molecule has 0 radical (unpaired) electrons. The van der Waals surface area contributed by atoms with E-state index in [9.17, 15) is 0 Å². The van der Waals surface area contributed by atoms with E-state index in [1.807, 2.05) is 18.5 Å². The first-order valence-corrected chi connectivity index (χ1v) is 9.58. The first-order chi connectivity index (χ1) is 11.1. The lowest BCUT2D eigenvalue weighted by atomic mass is 10.0. The average molecular weight is 329 g/mol. The molecule has 0 fully saturated rings. The van der Waals surface area contributed by atoms with E-state index in [1.54, 1.807) is 0 Å². The standard InChI is InChI=1S/C19H28N3P/c1-6-18-11-16(9-8-10-20-18)17-12-21-22(13-17)19(14(3)4)15(5)23-7-2/h8-14,19-20,23H,5-7H2,1-4H3. The summed E-state index contributed by atoms with van der Waals surface area (Å²) in [7, 11) is 0.795. The van der Waals surface area contributed by atoms with Crippen LogP contribution in [-0.2, 0) is 0 Å². The molecule has 0 saturated carbocycles. The number of nitrogens with zero attached hydrogens (tertiary/aromatic N) is 2. The van der Waals surface area contributed by atoms with E-state index in [2.05, 4.69) is 67.7 Å². The molecule has 0 aliphatic carbocycles. The van der Waals surface area contributed by atoms with Crippen LogP contribution >= 0.6 is 8.58 Å². The van der Waals surface area contributed by atoms with Crippen LogP contribution in [0.1, 0.15) is 45.7 Å². The van der Waals surface area contributed by atoms with Gasteiger partial charge in [0.25, 0.3) is 0 Å². The first-order valence-electron chi connectivity index (χ1n) is 8.37. The van der Waals surface area contributed by atoms with Crippen LogP contribution < -0.4 is 5.32 Å². The van der Waals surface area contributed by atoms with Crippen LogP contribution in [0.2, 0.25) is 0 Å². The van der Waals surface area contributed by atoms with Crippen molar-refractivity contribution in [1.29, 1.82) is 0 Å². The van der Waals surface area contributed by atoms with E-state index in [0.717, 1.165) is 26.7 Å². The van der Waals surface area contributed by atoms with Gasteiger partial charge in [-0.25, -0.2) is 0 Å². The van der Waals surface area contributed by atoms with Gasteiger partial charge in [0.15, 0.2) is 0 Å². The van der Waals surface area contributed by atoms with Crippen molar-refractivity contribution >= 4 is 14.2 Å². The Balaban J connectivity index is 2.30. The van der Waals surface area contributed by atoms with Crippen molar-refractivity contribution in [3.63, 3.8) is 0 Å². The van der Waals surface area contributed by atoms with Crippen LogP contribution in [0.25, 0.3) is 5.57 Å². The van der Waals surface area contributed by atoms with E-state index in [1.165, 1.54) is 16.6 Å². The number of rotatable bonds is 7. The molecule has 124 valence electrons. The molecule has 1 aromatic rings. The lowest BCUT2D eigenvalue weighted by Crippen LogP contribution is -2.16. The minimum absolute atomic E-state index is 0.275. The van der Waals surface area contributed by atoms with Gasteiger partial charge >= 0.3 is 0 Å². The summed E-state index contributed by atoms with van der Waals surface area (Å²) in [5.41, 5.74) is 3.57. The maximum Gasteiger partial charge on any atom is 0.0787 e. The third-order valence-electron chi connectivity index (χ3n) is 3.96. The predicted octanol–water partition coefficient (Wildman–Crippen LogP) is 5.09. The summed E-state index contributed by atoms with van der Waals surface area (Å²) in [5, 5.41) is 9.24. The minimum atomic E-state index is 0.275. The first kappa shape index (κ1) is 17.7. The quantitative estimate of drug-likeness (QED) is 0.706. The molecule has 2 heterocycles. The second kappa shape index (κ2) is 8.31. The highest BCUT2D eigenvalue weighted by Crippen LogP contribution is 2.36. The summed E-state index contributed by atoms with van der Waals surface area (Å²) >= 11 is 0. The van der Waals surface area contributed by atoms with Crippen molar-refractivity contribution in [3.05, 3.63) is 60.0 Å². The zero-order chi connectivity index (χ0) is 16.8. The molecule has 1 N–H and O–H groups in total. The fourth-order valence-corrected chi connectivity index (χ4v) is 3.94. The Kier molecular flexibility index (Phi) is 6.41. The van der Waals surface area contributed by atoms with Crippen LogP contribution in [0.3, 0.4) is 0 Å². The molecule has 3 nitrogen and oxygen atoms in total. The van der Waals surface area contributed by atoms with Crippen LogP contribution in [0, 0.1) is 5.92 Å². The lowest BCUT2D eigenvalue weighted by Gasteiger charge is -2.23. The molecule has 2 rings (SSSR count). The molecule has 0 spiro atoms. The summed E-state index contributed by atoms with van der Waals surface area (Å²) in [4.78, 5) is 0. The van der Waals surface area contributed by atoms with E-state index >= 15 is 0 Å². The number of hydrogen-bond acceptors (Lipinski definition) is 2. The highest BCUT2D eigenvalue weighted by Gasteiger charge is 2.20. The normalized spacial score (nSPS) is 16.2. The van der Waals surface area contributed by atoms with Gasteiger partial charge in [-0.3, -0.25) is 4.68 Å².